The molecule has 2 heterocycles. The van der Waals surface area contributed by atoms with Crippen LogP contribution in [0.1, 0.15) is 53.6 Å². The van der Waals surface area contributed by atoms with E-state index in [9.17, 15) is 9.18 Å². The van der Waals surface area contributed by atoms with Crippen LogP contribution in [0.5, 0.6) is 0 Å². The summed E-state index contributed by atoms with van der Waals surface area (Å²) in [6, 6.07) is 15.8. The quantitative estimate of drug-likeness (QED) is 0.867. The molecule has 2 aromatic rings. The molecule has 2 bridgehead atoms. The fourth-order valence-corrected chi connectivity index (χ4v) is 4.71. The van der Waals surface area contributed by atoms with Gasteiger partial charge in [-0.2, -0.15) is 0 Å². The van der Waals surface area contributed by atoms with Crippen LogP contribution in [-0.4, -0.2) is 28.9 Å². The first-order valence-corrected chi connectivity index (χ1v) is 9.96. The Bertz CT molecular complexity index is 790. The van der Waals surface area contributed by atoms with Crippen molar-refractivity contribution in [1.29, 1.82) is 0 Å². The Kier molecular flexibility index (Phi) is 5.26. The molecule has 0 saturated carbocycles. The van der Waals surface area contributed by atoms with Crippen LogP contribution in [0.3, 0.4) is 0 Å². The van der Waals surface area contributed by atoms with Crippen molar-refractivity contribution in [3.8, 4) is 0 Å². The number of nitrogens with zero attached hydrogens (tertiary/aromatic N) is 1. The second-order valence-corrected chi connectivity index (χ2v) is 8.05. The lowest BCUT2D eigenvalue weighted by molar-refractivity contribution is 0.0177. The number of fused-ring (bicyclic) bond motifs is 2. The van der Waals surface area contributed by atoms with Gasteiger partial charge in [-0.15, -0.1) is 0 Å². The predicted octanol–water partition coefficient (Wildman–Crippen LogP) is 4.45. The molecule has 4 rings (SSSR count). The van der Waals surface area contributed by atoms with Gasteiger partial charge in [-0.3, -0.25) is 9.69 Å². The molecule has 2 aromatic carbocycles. The van der Waals surface area contributed by atoms with E-state index in [2.05, 4.69) is 10.2 Å². The molecule has 2 aliphatic rings. The van der Waals surface area contributed by atoms with Crippen LogP contribution in [-0.2, 0) is 6.54 Å². The number of halogens is 1. The van der Waals surface area contributed by atoms with Crippen molar-refractivity contribution in [2.24, 2.45) is 0 Å². The zero-order valence-corrected chi connectivity index (χ0v) is 15.8. The average molecular weight is 366 g/mol. The molecule has 0 aliphatic carbocycles. The van der Waals surface area contributed by atoms with E-state index >= 15 is 0 Å². The Morgan fingerprint density at radius 2 is 1.81 bits per heavy atom. The Labute approximate surface area is 160 Å². The van der Waals surface area contributed by atoms with Gasteiger partial charge in [0.2, 0.25) is 0 Å². The minimum Gasteiger partial charge on any atom is -0.349 e. The van der Waals surface area contributed by atoms with Crippen LogP contribution in [0.15, 0.2) is 48.5 Å². The molecule has 0 spiro atoms. The fourth-order valence-electron chi connectivity index (χ4n) is 4.71. The van der Waals surface area contributed by atoms with Crippen LogP contribution in [0.2, 0.25) is 0 Å². The topological polar surface area (TPSA) is 32.3 Å². The number of carbonyl (C=O) groups is 1. The maximum atomic E-state index is 13.2. The molecule has 2 aliphatic heterocycles. The monoisotopic (exact) mass is 366 g/mol. The summed E-state index contributed by atoms with van der Waals surface area (Å²) in [5, 5.41) is 3.27. The molecule has 4 heteroatoms. The molecule has 3 nitrogen and oxygen atoms in total. The highest BCUT2D eigenvalue weighted by molar-refractivity contribution is 5.94. The molecular formula is C23H27FN2O. The van der Waals surface area contributed by atoms with Gasteiger partial charge in [-0.05, 0) is 62.4 Å². The van der Waals surface area contributed by atoms with Gasteiger partial charge in [0, 0.05) is 30.2 Å². The second-order valence-electron chi connectivity index (χ2n) is 8.05. The second kappa shape index (κ2) is 7.81. The van der Waals surface area contributed by atoms with E-state index < -0.39 is 0 Å². The van der Waals surface area contributed by atoms with E-state index in [0.717, 1.165) is 36.1 Å². The SMILES string of the molecule is Cc1cccc(C(=O)NC2C[C@H]3CCC[C@@H](C2)N3Cc2ccc(F)cc2)c1. The summed E-state index contributed by atoms with van der Waals surface area (Å²) < 4.78 is 13.2. The molecule has 142 valence electrons. The van der Waals surface area contributed by atoms with Crippen LogP contribution < -0.4 is 5.32 Å². The first-order chi connectivity index (χ1) is 13.1. The van der Waals surface area contributed by atoms with Crippen LogP contribution in [0.4, 0.5) is 4.39 Å². The Hall–Kier alpha value is -2.20. The van der Waals surface area contributed by atoms with Gasteiger partial charge in [-0.1, -0.05) is 36.2 Å². The zero-order chi connectivity index (χ0) is 18.8. The van der Waals surface area contributed by atoms with Gasteiger partial charge in [0.15, 0.2) is 0 Å². The molecule has 1 amide bonds. The first kappa shape index (κ1) is 18.2. The van der Waals surface area contributed by atoms with Crippen LogP contribution in [0.25, 0.3) is 0 Å². The minimum atomic E-state index is -0.184. The van der Waals surface area contributed by atoms with E-state index in [1.807, 2.05) is 43.3 Å². The van der Waals surface area contributed by atoms with Crippen molar-refractivity contribution in [2.45, 2.75) is 63.7 Å². The number of aryl methyl sites for hydroxylation is 1. The maximum absolute atomic E-state index is 13.2. The molecule has 3 atom stereocenters. The molecule has 1 N–H and O–H groups in total. The number of rotatable bonds is 4. The summed E-state index contributed by atoms with van der Waals surface area (Å²) in [5.41, 5.74) is 3.01. The van der Waals surface area contributed by atoms with Gasteiger partial charge in [0.25, 0.3) is 5.91 Å². The standard InChI is InChI=1S/C23H27FN2O/c1-16-4-2-5-18(12-16)23(27)25-20-13-21-6-3-7-22(14-20)26(21)15-17-8-10-19(24)11-9-17/h2,4-5,8-12,20-22H,3,6-7,13-15H2,1H3,(H,25,27)/t20?,21-,22+. The molecule has 0 radical (unpaired) electrons. The summed E-state index contributed by atoms with van der Waals surface area (Å²) in [4.78, 5) is 15.2. The number of hydrogen-bond acceptors (Lipinski definition) is 2. The predicted molar refractivity (Wildman–Crippen MR) is 105 cm³/mol. The van der Waals surface area contributed by atoms with Crippen molar-refractivity contribution in [2.75, 3.05) is 0 Å². The lowest BCUT2D eigenvalue weighted by atomic mass is 9.81. The minimum absolute atomic E-state index is 0.0359. The zero-order valence-electron chi connectivity index (χ0n) is 15.8. The van der Waals surface area contributed by atoms with E-state index in [1.54, 1.807) is 12.1 Å². The first-order valence-electron chi connectivity index (χ1n) is 9.96. The summed E-state index contributed by atoms with van der Waals surface area (Å²) in [6.45, 7) is 2.88. The van der Waals surface area contributed by atoms with Gasteiger partial charge in [0.1, 0.15) is 5.82 Å². The summed E-state index contributed by atoms with van der Waals surface area (Å²) in [5.74, 6) is -0.148. The largest absolute Gasteiger partial charge is 0.349 e. The average Bonchev–Trinajstić information content (AvgIpc) is 2.64. The molecule has 0 aromatic heterocycles. The van der Waals surface area contributed by atoms with E-state index in [4.69, 9.17) is 0 Å². The van der Waals surface area contributed by atoms with Gasteiger partial charge < -0.3 is 5.32 Å². The third-order valence-electron chi connectivity index (χ3n) is 6.02. The van der Waals surface area contributed by atoms with Crippen molar-refractivity contribution in [3.05, 3.63) is 71.0 Å². The summed E-state index contributed by atoms with van der Waals surface area (Å²) in [6.07, 6.45) is 5.60. The molecule has 1 unspecified atom stereocenters. The number of benzene rings is 2. The molecule has 27 heavy (non-hydrogen) atoms. The van der Waals surface area contributed by atoms with Crippen molar-refractivity contribution >= 4 is 5.91 Å². The smallest absolute Gasteiger partial charge is 0.251 e. The van der Waals surface area contributed by atoms with Gasteiger partial charge in [-0.25, -0.2) is 4.39 Å². The number of carbonyl (C=O) groups excluding carboxylic acids is 1. The van der Waals surface area contributed by atoms with Crippen molar-refractivity contribution < 1.29 is 9.18 Å². The molecule has 2 fully saturated rings. The Morgan fingerprint density at radius 1 is 1.11 bits per heavy atom. The molecule has 2 saturated heterocycles. The Balaban J connectivity index is 1.41. The lowest BCUT2D eigenvalue weighted by Crippen LogP contribution is -2.56. The van der Waals surface area contributed by atoms with Gasteiger partial charge >= 0.3 is 0 Å². The van der Waals surface area contributed by atoms with E-state index in [0.29, 0.717) is 12.1 Å². The van der Waals surface area contributed by atoms with Crippen molar-refractivity contribution in [1.82, 2.24) is 10.2 Å². The highest BCUT2D eigenvalue weighted by Gasteiger charge is 2.38. The number of piperidine rings is 2. The fraction of sp³-hybridized carbons (Fsp3) is 0.435. The molecular weight excluding hydrogens is 339 g/mol. The highest BCUT2D eigenvalue weighted by atomic mass is 19.1. The third-order valence-corrected chi connectivity index (χ3v) is 6.02. The van der Waals surface area contributed by atoms with Crippen molar-refractivity contribution in [3.63, 3.8) is 0 Å². The Morgan fingerprint density at radius 3 is 2.48 bits per heavy atom. The van der Waals surface area contributed by atoms with Gasteiger partial charge in [0.05, 0.1) is 0 Å². The highest BCUT2D eigenvalue weighted by Crippen LogP contribution is 2.35. The lowest BCUT2D eigenvalue weighted by Gasteiger charge is -2.49. The van der Waals surface area contributed by atoms with E-state index in [1.165, 1.54) is 19.3 Å². The van der Waals surface area contributed by atoms with Crippen LogP contribution in [0, 0.1) is 12.7 Å². The summed E-state index contributed by atoms with van der Waals surface area (Å²) in [7, 11) is 0. The maximum Gasteiger partial charge on any atom is 0.251 e. The number of hydrogen-bond donors (Lipinski definition) is 1. The summed E-state index contributed by atoms with van der Waals surface area (Å²) >= 11 is 0. The normalized spacial score (nSPS) is 25.2. The van der Waals surface area contributed by atoms with Crippen LogP contribution >= 0.6 is 0 Å². The third kappa shape index (κ3) is 4.22. The number of amides is 1. The number of nitrogens with one attached hydrogen (secondary N) is 1. The van der Waals surface area contributed by atoms with E-state index in [-0.39, 0.29) is 17.8 Å².